The molecule has 2 aromatic carbocycles. The van der Waals surface area contributed by atoms with Crippen LogP contribution in [0, 0.1) is 6.92 Å². The fourth-order valence-corrected chi connectivity index (χ4v) is 3.13. The average Bonchev–Trinajstić information content (AvgIpc) is 3.11. The van der Waals surface area contributed by atoms with Gasteiger partial charge in [-0.25, -0.2) is 9.59 Å². The summed E-state index contributed by atoms with van der Waals surface area (Å²) >= 11 is 0. The Morgan fingerprint density at radius 3 is 2.19 bits per heavy atom. The molecule has 0 spiro atoms. The van der Waals surface area contributed by atoms with E-state index in [2.05, 4.69) is 10.1 Å². The van der Waals surface area contributed by atoms with Gasteiger partial charge in [0, 0.05) is 18.5 Å². The number of rotatable bonds is 7. The number of benzene rings is 2. The monoisotopic (exact) mass is 438 g/mol. The molecule has 9 nitrogen and oxygen atoms in total. The third kappa shape index (κ3) is 5.37. The van der Waals surface area contributed by atoms with E-state index in [0.29, 0.717) is 11.3 Å². The van der Waals surface area contributed by atoms with Crippen LogP contribution in [0.2, 0.25) is 0 Å². The molecule has 1 aliphatic rings. The third-order valence-electron chi connectivity index (χ3n) is 4.95. The topological polar surface area (TPSA) is 119 Å². The van der Waals surface area contributed by atoms with Crippen molar-refractivity contribution >= 4 is 35.3 Å². The maximum atomic E-state index is 12.2. The van der Waals surface area contributed by atoms with Gasteiger partial charge in [0.1, 0.15) is 0 Å². The molecule has 1 saturated heterocycles. The van der Waals surface area contributed by atoms with Gasteiger partial charge in [0.15, 0.2) is 6.61 Å². The van der Waals surface area contributed by atoms with Gasteiger partial charge in [-0.2, -0.15) is 0 Å². The van der Waals surface area contributed by atoms with Crippen LogP contribution in [0.25, 0.3) is 0 Å². The van der Waals surface area contributed by atoms with Crippen molar-refractivity contribution < 1.29 is 33.4 Å². The number of carbonyl (C=O) groups is 5. The quantitative estimate of drug-likeness (QED) is 0.520. The van der Waals surface area contributed by atoms with Crippen LogP contribution < -0.4 is 5.32 Å². The van der Waals surface area contributed by atoms with Gasteiger partial charge in [0.05, 0.1) is 24.8 Å². The van der Waals surface area contributed by atoms with Crippen molar-refractivity contribution in [2.45, 2.75) is 26.3 Å². The molecule has 0 aromatic heterocycles. The Morgan fingerprint density at radius 2 is 1.56 bits per heavy atom. The van der Waals surface area contributed by atoms with Crippen LogP contribution in [0.5, 0.6) is 0 Å². The number of amides is 3. The number of nitrogens with zero attached hydrogens (tertiary/aromatic N) is 1. The number of hydrogen-bond acceptors (Lipinski definition) is 7. The number of likely N-dealkylation sites (tertiary alicyclic amines) is 1. The molecule has 32 heavy (non-hydrogen) atoms. The maximum Gasteiger partial charge on any atom is 0.338 e. The molecule has 3 amide bonds. The van der Waals surface area contributed by atoms with Crippen molar-refractivity contribution in [1.29, 1.82) is 0 Å². The highest BCUT2D eigenvalue weighted by Gasteiger charge is 2.28. The summed E-state index contributed by atoms with van der Waals surface area (Å²) in [6, 6.07) is 11.0. The molecule has 1 fully saturated rings. The van der Waals surface area contributed by atoms with Crippen molar-refractivity contribution in [3.63, 3.8) is 0 Å². The second-order valence-corrected chi connectivity index (χ2v) is 7.22. The molecule has 0 saturated carbocycles. The molecule has 2 aromatic rings. The van der Waals surface area contributed by atoms with Gasteiger partial charge in [-0.3, -0.25) is 19.3 Å². The number of methoxy groups -OCH3 is 1. The van der Waals surface area contributed by atoms with E-state index in [1.54, 1.807) is 31.2 Å². The zero-order chi connectivity index (χ0) is 23.3. The molecule has 0 unspecified atom stereocenters. The number of aryl methyl sites for hydroxylation is 1. The highest BCUT2D eigenvalue weighted by molar-refractivity contribution is 6.02. The lowest BCUT2D eigenvalue weighted by molar-refractivity contribution is -0.139. The zero-order valence-corrected chi connectivity index (χ0v) is 17.7. The van der Waals surface area contributed by atoms with Crippen LogP contribution in [0.3, 0.4) is 0 Å². The SMILES string of the molecule is COC(=O)c1ccc(C)c(NC(=O)COC(=O)c2ccc(CN3C(=O)CCC3=O)cc2)c1. The highest BCUT2D eigenvalue weighted by atomic mass is 16.5. The molecule has 1 aliphatic heterocycles. The molecule has 0 bridgehead atoms. The Kier molecular flexibility index (Phi) is 6.99. The largest absolute Gasteiger partial charge is 0.465 e. The van der Waals surface area contributed by atoms with E-state index in [4.69, 9.17) is 4.74 Å². The Labute approximate surface area is 184 Å². The second kappa shape index (κ2) is 9.86. The van der Waals surface area contributed by atoms with E-state index < -0.39 is 24.5 Å². The predicted octanol–water partition coefficient (Wildman–Crippen LogP) is 2.23. The number of ether oxygens (including phenoxy) is 2. The number of esters is 2. The van der Waals surface area contributed by atoms with Crippen LogP contribution in [-0.4, -0.2) is 48.3 Å². The molecule has 9 heteroatoms. The number of carbonyl (C=O) groups excluding carboxylic acids is 5. The Hall–Kier alpha value is -4.01. The van der Waals surface area contributed by atoms with Crippen molar-refractivity contribution in [1.82, 2.24) is 4.90 Å². The van der Waals surface area contributed by atoms with Crippen molar-refractivity contribution in [3.05, 3.63) is 64.7 Å². The lowest BCUT2D eigenvalue weighted by atomic mass is 10.1. The fraction of sp³-hybridized carbons (Fsp3) is 0.261. The van der Waals surface area contributed by atoms with E-state index in [0.717, 1.165) is 5.56 Å². The minimum atomic E-state index is -0.694. The van der Waals surface area contributed by atoms with Crippen molar-refractivity contribution in [2.24, 2.45) is 0 Å². The minimum absolute atomic E-state index is 0.152. The zero-order valence-electron chi connectivity index (χ0n) is 17.7. The highest BCUT2D eigenvalue weighted by Crippen LogP contribution is 2.18. The summed E-state index contributed by atoms with van der Waals surface area (Å²) in [5, 5.41) is 2.60. The van der Waals surface area contributed by atoms with E-state index in [1.807, 2.05) is 0 Å². The smallest absolute Gasteiger partial charge is 0.338 e. The normalized spacial score (nSPS) is 13.1. The molecule has 0 radical (unpaired) electrons. The molecule has 166 valence electrons. The van der Waals surface area contributed by atoms with Crippen LogP contribution >= 0.6 is 0 Å². The first kappa shape index (κ1) is 22.7. The number of imide groups is 1. The Morgan fingerprint density at radius 1 is 0.938 bits per heavy atom. The summed E-state index contributed by atoms with van der Waals surface area (Å²) in [5.41, 5.74) is 2.34. The maximum absolute atomic E-state index is 12.2. The van der Waals surface area contributed by atoms with Crippen molar-refractivity contribution in [2.75, 3.05) is 19.0 Å². The first-order valence-electron chi connectivity index (χ1n) is 9.86. The summed E-state index contributed by atoms with van der Waals surface area (Å²) < 4.78 is 9.71. The standard InChI is InChI=1S/C23H22N2O7/c1-14-3-6-17(22(29)31-2)11-18(14)24-19(26)13-32-23(30)16-7-4-15(5-8-16)12-25-20(27)9-10-21(25)28/h3-8,11H,9-10,12-13H2,1-2H3,(H,24,26). The number of anilines is 1. The third-order valence-corrected chi connectivity index (χ3v) is 4.95. The molecule has 1 heterocycles. The van der Waals surface area contributed by atoms with E-state index in [9.17, 15) is 24.0 Å². The summed E-state index contributed by atoms with van der Waals surface area (Å²) in [6.07, 6.45) is 0.440. The fourth-order valence-electron chi connectivity index (χ4n) is 3.13. The summed E-state index contributed by atoms with van der Waals surface area (Å²) in [5.74, 6) is -2.21. The van der Waals surface area contributed by atoms with Gasteiger partial charge in [0.25, 0.3) is 5.91 Å². The number of hydrogen-bond donors (Lipinski definition) is 1. The van der Waals surface area contributed by atoms with Crippen LogP contribution in [-0.2, 0) is 30.4 Å². The minimum Gasteiger partial charge on any atom is -0.465 e. The van der Waals surface area contributed by atoms with Gasteiger partial charge in [0.2, 0.25) is 11.8 Å². The molecular formula is C23H22N2O7. The van der Waals surface area contributed by atoms with E-state index >= 15 is 0 Å². The predicted molar refractivity (Wildman–Crippen MR) is 113 cm³/mol. The lowest BCUT2D eigenvalue weighted by Crippen LogP contribution is -2.28. The number of nitrogens with one attached hydrogen (secondary N) is 1. The van der Waals surface area contributed by atoms with Gasteiger partial charge in [-0.1, -0.05) is 18.2 Å². The molecule has 3 rings (SSSR count). The molecule has 1 N–H and O–H groups in total. The average molecular weight is 438 g/mol. The summed E-state index contributed by atoms with van der Waals surface area (Å²) in [7, 11) is 1.26. The first-order valence-corrected chi connectivity index (χ1v) is 9.86. The molecule has 0 atom stereocenters. The van der Waals surface area contributed by atoms with Gasteiger partial charge >= 0.3 is 11.9 Å². The molecule has 0 aliphatic carbocycles. The van der Waals surface area contributed by atoms with Gasteiger partial charge < -0.3 is 14.8 Å². The van der Waals surface area contributed by atoms with Crippen LogP contribution in [0.15, 0.2) is 42.5 Å². The second-order valence-electron chi connectivity index (χ2n) is 7.22. The van der Waals surface area contributed by atoms with Gasteiger partial charge in [-0.15, -0.1) is 0 Å². The van der Waals surface area contributed by atoms with Crippen LogP contribution in [0.1, 0.15) is 44.7 Å². The molecular weight excluding hydrogens is 416 g/mol. The van der Waals surface area contributed by atoms with E-state index in [1.165, 1.54) is 30.2 Å². The summed E-state index contributed by atoms with van der Waals surface area (Å²) in [6.45, 7) is 1.40. The Balaban J connectivity index is 1.54. The van der Waals surface area contributed by atoms with E-state index in [-0.39, 0.29) is 42.3 Å². The summed E-state index contributed by atoms with van der Waals surface area (Å²) in [4.78, 5) is 60.7. The van der Waals surface area contributed by atoms with Crippen molar-refractivity contribution in [3.8, 4) is 0 Å². The Bertz CT molecular complexity index is 1060. The van der Waals surface area contributed by atoms with Crippen LogP contribution in [0.4, 0.5) is 5.69 Å². The van der Waals surface area contributed by atoms with Gasteiger partial charge in [-0.05, 0) is 42.3 Å². The first-order chi connectivity index (χ1) is 15.3. The lowest BCUT2D eigenvalue weighted by Gasteiger charge is -2.14.